The zero-order chi connectivity index (χ0) is 15.3. The lowest BCUT2D eigenvalue weighted by Crippen LogP contribution is -2.22. The molecule has 0 spiro atoms. The van der Waals surface area contributed by atoms with Gasteiger partial charge in [-0.2, -0.15) is 24.9 Å². The highest BCUT2D eigenvalue weighted by atomic mass is 32.2. The molecule has 0 saturated heterocycles. The van der Waals surface area contributed by atoms with E-state index in [0.717, 1.165) is 23.6 Å². The number of nitrogens with two attached hydrogens (primary N) is 1. The van der Waals surface area contributed by atoms with Crippen LogP contribution in [0.15, 0.2) is 18.2 Å². The second-order valence-electron chi connectivity index (χ2n) is 4.33. The molecule has 1 unspecified atom stereocenters. The van der Waals surface area contributed by atoms with Crippen molar-refractivity contribution >= 4 is 34.7 Å². The summed E-state index contributed by atoms with van der Waals surface area (Å²) in [6.45, 7) is 4.01. The second-order valence-corrected chi connectivity index (χ2v) is 6.09. The molecule has 1 atom stereocenters. The quantitative estimate of drug-likeness (QED) is 0.779. The van der Waals surface area contributed by atoms with Gasteiger partial charge in [0.2, 0.25) is 0 Å². The summed E-state index contributed by atoms with van der Waals surface area (Å²) in [6.07, 6.45) is -4.40. The molecule has 2 nitrogen and oxygen atoms in total. The predicted octanol–water partition coefficient (Wildman–Crippen LogP) is 3.89. The van der Waals surface area contributed by atoms with Crippen molar-refractivity contribution in [3.8, 4) is 0 Å². The first-order valence-corrected chi connectivity index (χ1v) is 7.67. The van der Waals surface area contributed by atoms with E-state index in [1.54, 1.807) is 11.8 Å². The van der Waals surface area contributed by atoms with Crippen molar-refractivity contribution in [2.45, 2.75) is 26.1 Å². The summed E-state index contributed by atoms with van der Waals surface area (Å²) in [6, 6.07) is 3.52. The van der Waals surface area contributed by atoms with Gasteiger partial charge in [-0.3, -0.25) is 0 Å². The standard InChI is InChI=1S/C13H17F3N2S2/c1-3-20-7-8(2)18-11-5-4-9(13(14,15)16)6-10(11)12(17)19/h4-6,8,18H,3,7H2,1-2H3,(H2,17,19). The van der Waals surface area contributed by atoms with Crippen LogP contribution >= 0.6 is 24.0 Å². The van der Waals surface area contributed by atoms with E-state index in [2.05, 4.69) is 12.2 Å². The Morgan fingerprint density at radius 3 is 2.60 bits per heavy atom. The van der Waals surface area contributed by atoms with Gasteiger partial charge in [-0.1, -0.05) is 19.1 Å². The van der Waals surface area contributed by atoms with Crippen molar-refractivity contribution in [1.29, 1.82) is 0 Å². The maximum Gasteiger partial charge on any atom is 0.416 e. The zero-order valence-electron chi connectivity index (χ0n) is 11.3. The van der Waals surface area contributed by atoms with Gasteiger partial charge in [-0.05, 0) is 30.9 Å². The number of hydrogen-bond acceptors (Lipinski definition) is 3. The molecular weight excluding hydrogens is 305 g/mol. The Labute approximate surface area is 126 Å². The molecule has 0 saturated carbocycles. The van der Waals surface area contributed by atoms with E-state index < -0.39 is 11.7 Å². The van der Waals surface area contributed by atoms with Crippen LogP contribution in [0.2, 0.25) is 0 Å². The van der Waals surface area contributed by atoms with Crippen LogP contribution in [0.1, 0.15) is 25.0 Å². The number of rotatable bonds is 6. The molecule has 7 heteroatoms. The summed E-state index contributed by atoms with van der Waals surface area (Å²) >= 11 is 6.59. The van der Waals surface area contributed by atoms with E-state index in [9.17, 15) is 13.2 Å². The molecule has 0 bridgehead atoms. The largest absolute Gasteiger partial charge is 0.416 e. The first-order chi connectivity index (χ1) is 9.25. The van der Waals surface area contributed by atoms with Crippen molar-refractivity contribution < 1.29 is 13.2 Å². The zero-order valence-corrected chi connectivity index (χ0v) is 12.9. The minimum atomic E-state index is -4.40. The van der Waals surface area contributed by atoms with Crippen LogP contribution in [-0.2, 0) is 6.18 Å². The van der Waals surface area contributed by atoms with Crippen molar-refractivity contribution in [3.05, 3.63) is 29.3 Å². The fourth-order valence-electron chi connectivity index (χ4n) is 1.65. The van der Waals surface area contributed by atoms with E-state index in [4.69, 9.17) is 18.0 Å². The Kier molecular flexibility index (Phi) is 6.13. The number of thioether (sulfide) groups is 1. The number of benzene rings is 1. The molecule has 0 aliphatic heterocycles. The topological polar surface area (TPSA) is 38.0 Å². The summed E-state index contributed by atoms with van der Waals surface area (Å²) in [5, 5.41) is 3.15. The van der Waals surface area contributed by atoms with Gasteiger partial charge in [-0.15, -0.1) is 0 Å². The van der Waals surface area contributed by atoms with Gasteiger partial charge in [-0.25, -0.2) is 0 Å². The summed E-state index contributed by atoms with van der Waals surface area (Å²) in [5.74, 6) is 1.84. The minimum Gasteiger partial charge on any atom is -0.389 e. The minimum absolute atomic E-state index is 0.0473. The van der Waals surface area contributed by atoms with Crippen molar-refractivity contribution in [1.82, 2.24) is 0 Å². The van der Waals surface area contributed by atoms with Gasteiger partial charge in [0.15, 0.2) is 0 Å². The molecule has 0 radical (unpaired) electrons. The number of nitrogens with one attached hydrogen (secondary N) is 1. The maximum absolute atomic E-state index is 12.7. The van der Waals surface area contributed by atoms with Crippen LogP contribution < -0.4 is 11.1 Å². The van der Waals surface area contributed by atoms with Gasteiger partial charge in [0, 0.05) is 23.0 Å². The molecule has 3 N–H and O–H groups in total. The number of halogens is 3. The molecule has 1 rings (SSSR count). The second kappa shape index (κ2) is 7.17. The molecule has 0 aliphatic carbocycles. The smallest absolute Gasteiger partial charge is 0.389 e. The monoisotopic (exact) mass is 322 g/mol. The molecule has 1 aromatic rings. The van der Waals surface area contributed by atoms with Crippen LogP contribution in [0.3, 0.4) is 0 Å². The van der Waals surface area contributed by atoms with Crippen LogP contribution in [0.5, 0.6) is 0 Å². The third-order valence-electron chi connectivity index (χ3n) is 2.59. The number of anilines is 1. The van der Waals surface area contributed by atoms with E-state index in [1.165, 1.54) is 6.07 Å². The lowest BCUT2D eigenvalue weighted by molar-refractivity contribution is -0.137. The van der Waals surface area contributed by atoms with Gasteiger partial charge < -0.3 is 11.1 Å². The third kappa shape index (κ3) is 4.86. The molecular formula is C13H17F3N2S2. The van der Waals surface area contributed by atoms with Gasteiger partial charge in [0.1, 0.15) is 4.99 Å². The van der Waals surface area contributed by atoms with Gasteiger partial charge >= 0.3 is 6.18 Å². The van der Waals surface area contributed by atoms with E-state index in [0.29, 0.717) is 5.69 Å². The van der Waals surface area contributed by atoms with E-state index in [-0.39, 0.29) is 16.6 Å². The summed E-state index contributed by atoms with van der Waals surface area (Å²) in [5.41, 5.74) is 5.53. The normalized spacial score (nSPS) is 13.1. The Bertz CT molecular complexity index is 475. The number of alkyl halides is 3. The highest BCUT2D eigenvalue weighted by molar-refractivity contribution is 7.99. The van der Waals surface area contributed by atoms with Crippen molar-refractivity contribution in [3.63, 3.8) is 0 Å². The van der Waals surface area contributed by atoms with Crippen LogP contribution in [-0.4, -0.2) is 22.5 Å². The Hall–Kier alpha value is -0.950. The van der Waals surface area contributed by atoms with Crippen molar-refractivity contribution in [2.75, 3.05) is 16.8 Å². The summed E-state index contributed by atoms with van der Waals surface area (Å²) in [4.78, 5) is -0.0473. The summed E-state index contributed by atoms with van der Waals surface area (Å²) < 4.78 is 38.1. The molecule has 0 aliphatic rings. The number of hydrogen-bond donors (Lipinski definition) is 2. The highest BCUT2D eigenvalue weighted by Gasteiger charge is 2.31. The van der Waals surface area contributed by atoms with Crippen LogP contribution in [0, 0.1) is 0 Å². The first kappa shape index (κ1) is 17.1. The Balaban J connectivity index is 2.99. The lowest BCUT2D eigenvalue weighted by Gasteiger charge is -2.18. The molecule has 0 amide bonds. The van der Waals surface area contributed by atoms with Gasteiger partial charge in [0.05, 0.1) is 5.56 Å². The first-order valence-electron chi connectivity index (χ1n) is 6.11. The lowest BCUT2D eigenvalue weighted by atomic mass is 10.1. The average molecular weight is 322 g/mol. The molecule has 0 heterocycles. The van der Waals surface area contributed by atoms with E-state index in [1.807, 2.05) is 6.92 Å². The third-order valence-corrected chi connectivity index (χ3v) is 3.95. The maximum atomic E-state index is 12.7. The molecule has 20 heavy (non-hydrogen) atoms. The molecule has 1 aromatic carbocycles. The fraction of sp³-hybridized carbons (Fsp3) is 0.462. The highest BCUT2D eigenvalue weighted by Crippen LogP contribution is 2.32. The van der Waals surface area contributed by atoms with Crippen molar-refractivity contribution in [2.24, 2.45) is 5.73 Å². The SMILES string of the molecule is CCSCC(C)Nc1ccc(C(F)(F)F)cc1C(N)=S. The van der Waals surface area contributed by atoms with E-state index >= 15 is 0 Å². The predicted molar refractivity (Wildman–Crippen MR) is 83.4 cm³/mol. The van der Waals surface area contributed by atoms with Crippen LogP contribution in [0.25, 0.3) is 0 Å². The average Bonchev–Trinajstić information content (AvgIpc) is 2.35. The molecule has 0 fully saturated rings. The Morgan fingerprint density at radius 2 is 2.10 bits per heavy atom. The molecule has 112 valence electrons. The van der Waals surface area contributed by atoms with Crippen LogP contribution in [0.4, 0.5) is 18.9 Å². The fourth-order valence-corrected chi connectivity index (χ4v) is 2.49. The number of thiocarbonyl (C=S) groups is 1. The summed E-state index contributed by atoms with van der Waals surface area (Å²) in [7, 11) is 0. The Morgan fingerprint density at radius 1 is 1.45 bits per heavy atom. The molecule has 0 aromatic heterocycles. The van der Waals surface area contributed by atoms with Gasteiger partial charge in [0.25, 0.3) is 0 Å².